The van der Waals surface area contributed by atoms with Crippen LogP contribution in [0.15, 0.2) is 47.4 Å². The molecule has 0 radical (unpaired) electrons. The molecule has 0 saturated heterocycles. The Morgan fingerprint density at radius 2 is 1.64 bits per heavy atom. The molecule has 0 fully saturated rings. The smallest absolute Gasteiger partial charge is 0.124 e. The number of rotatable bonds is 6. The van der Waals surface area contributed by atoms with Crippen molar-refractivity contribution in [3.63, 3.8) is 0 Å². The molecule has 22 heavy (non-hydrogen) atoms. The van der Waals surface area contributed by atoms with E-state index < -0.39 is 10.1 Å². The molecule has 0 aromatic heterocycles. The van der Waals surface area contributed by atoms with E-state index in [1.807, 2.05) is 18.2 Å². The van der Waals surface area contributed by atoms with Crippen molar-refractivity contribution in [2.45, 2.75) is 17.7 Å². The van der Waals surface area contributed by atoms with Crippen molar-refractivity contribution in [1.29, 1.82) is 0 Å². The summed E-state index contributed by atoms with van der Waals surface area (Å²) in [5.41, 5.74) is 1.94. The molecule has 0 amide bonds. The molecule has 0 aliphatic rings. The fourth-order valence-electron chi connectivity index (χ4n) is 2.18. The van der Waals surface area contributed by atoms with Gasteiger partial charge in [-0.1, -0.05) is 12.1 Å². The Labute approximate surface area is 130 Å². The summed E-state index contributed by atoms with van der Waals surface area (Å²) < 4.78 is 43.2. The Balaban J connectivity index is 2.13. The van der Waals surface area contributed by atoms with E-state index in [1.54, 1.807) is 26.4 Å². The highest BCUT2D eigenvalue weighted by atomic mass is 32.2. The van der Waals surface area contributed by atoms with Gasteiger partial charge in [-0.15, -0.1) is 0 Å². The summed E-state index contributed by atoms with van der Waals surface area (Å²) in [7, 11) is -1.18. The van der Waals surface area contributed by atoms with Crippen LogP contribution in [0.5, 0.6) is 11.5 Å². The molecule has 0 saturated carbocycles. The molecule has 0 unspecified atom stereocenters. The van der Waals surface area contributed by atoms with Crippen molar-refractivity contribution < 1.29 is 22.4 Å². The molecule has 0 heterocycles. The van der Waals surface area contributed by atoms with Crippen molar-refractivity contribution in [3.05, 3.63) is 53.6 Å². The van der Waals surface area contributed by atoms with Gasteiger partial charge in [-0.2, -0.15) is 0 Å². The highest BCUT2D eigenvalue weighted by Gasteiger charge is 2.06. The molecule has 2 rings (SSSR count). The topological polar surface area (TPSA) is 75.7 Å². The summed E-state index contributed by atoms with van der Waals surface area (Å²) in [5, 5.41) is 0. The first-order valence-corrected chi connectivity index (χ1v) is 8.10. The van der Waals surface area contributed by atoms with Crippen LogP contribution in [0, 0.1) is 0 Å². The van der Waals surface area contributed by atoms with Crippen LogP contribution in [0.25, 0.3) is 0 Å². The lowest BCUT2D eigenvalue weighted by molar-refractivity contribution is 0.398. The van der Waals surface area contributed by atoms with Gasteiger partial charge >= 0.3 is 0 Å². The Kier molecular flexibility index (Phi) is 5.05. The Bertz CT molecular complexity index is 736. The largest absolute Gasteiger partial charge is 0.744 e. The first-order chi connectivity index (χ1) is 10.4. The van der Waals surface area contributed by atoms with E-state index in [0.717, 1.165) is 22.6 Å². The number of ether oxygens (including phenoxy) is 2. The van der Waals surface area contributed by atoms with E-state index in [0.29, 0.717) is 12.8 Å². The molecule has 0 bridgehead atoms. The second kappa shape index (κ2) is 6.81. The maximum atomic E-state index is 10.9. The first-order valence-electron chi connectivity index (χ1n) is 6.70. The minimum absolute atomic E-state index is 0.213. The number of hydrogen-bond donors (Lipinski definition) is 0. The number of methoxy groups -OCH3 is 2. The average Bonchev–Trinajstić information content (AvgIpc) is 2.52. The quantitative estimate of drug-likeness (QED) is 0.764. The van der Waals surface area contributed by atoms with Gasteiger partial charge in [0.2, 0.25) is 0 Å². The molecule has 0 aliphatic heterocycles. The van der Waals surface area contributed by atoms with Crippen molar-refractivity contribution in [2.75, 3.05) is 14.2 Å². The van der Waals surface area contributed by atoms with E-state index >= 15 is 0 Å². The summed E-state index contributed by atoms with van der Waals surface area (Å²) in [5.74, 6) is 1.53. The number of hydrogen-bond acceptors (Lipinski definition) is 5. The molecule has 2 aromatic rings. The summed E-state index contributed by atoms with van der Waals surface area (Å²) in [4.78, 5) is -0.213. The second-order valence-electron chi connectivity index (χ2n) is 4.78. The van der Waals surface area contributed by atoms with E-state index in [1.165, 1.54) is 12.1 Å². The molecule has 0 spiro atoms. The minimum Gasteiger partial charge on any atom is -0.744 e. The van der Waals surface area contributed by atoms with Gasteiger partial charge in [0, 0.05) is 0 Å². The summed E-state index contributed by atoms with van der Waals surface area (Å²) in [6, 6.07) is 11.6. The lowest BCUT2D eigenvalue weighted by atomic mass is 10.0. The molecular weight excluding hydrogens is 304 g/mol. The molecule has 2 aromatic carbocycles. The second-order valence-corrected chi connectivity index (χ2v) is 6.16. The zero-order valence-corrected chi connectivity index (χ0v) is 13.2. The van der Waals surface area contributed by atoms with Gasteiger partial charge in [0.05, 0.1) is 19.1 Å². The van der Waals surface area contributed by atoms with Crippen molar-refractivity contribution in [1.82, 2.24) is 0 Å². The number of benzene rings is 2. The van der Waals surface area contributed by atoms with Crippen LogP contribution < -0.4 is 9.47 Å². The van der Waals surface area contributed by atoms with Crippen LogP contribution in [0.1, 0.15) is 11.1 Å². The summed E-state index contributed by atoms with van der Waals surface area (Å²) >= 11 is 0. The molecule has 0 aliphatic carbocycles. The first kappa shape index (κ1) is 16.3. The van der Waals surface area contributed by atoms with Crippen LogP contribution in [0.3, 0.4) is 0 Å². The predicted octanol–water partition coefficient (Wildman–Crippen LogP) is 2.39. The van der Waals surface area contributed by atoms with Gasteiger partial charge in [-0.25, -0.2) is 8.42 Å². The van der Waals surface area contributed by atoms with Crippen LogP contribution in [0.4, 0.5) is 0 Å². The minimum atomic E-state index is -4.39. The zero-order valence-electron chi connectivity index (χ0n) is 12.4. The van der Waals surface area contributed by atoms with Gasteiger partial charge in [0.15, 0.2) is 0 Å². The highest BCUT2D eigenvalue weighted by Crippen LogP contribution is 2.25. The van der Waals surface area contributed by atoms with Crippen LogP contribution >= 0.6 is 0 Å². The standard InChI is InChI=1S/C16H18O5S/c1-20-14-7-10-16(21-2)13(11-14)6-3-12-4-8-15(9-5-12)22(17,18)19/h4-5,7-11H,3,6H2,1-2H3,(H,17,18,19)/p-1. The SMILES string of the molecule is COc1ccc(OC)c(CCc2ccc(S(=O)(=O)[O-])cc2)c1. The van der Waals surface area contributed by atoms with E-state index in [2.05, 4.69) is 0 Å². The maximum Gasteiger partial charge on any atom is 0.124 e. The Morgan fingerprint density at radius 1 is 0.955 bits per heavy atom. The molecule has 0 N–H and O–H groups in total. The van der Waals surface area contributed by atoms with E-state index in [-0.39, 0.29) is 4.90 Å². The molecule has 5 nitrogen and oxygen atoms in total. The predicted molar refractivity (Wildman–Crippen MR) is 81.4 cm³/mol. The van der Waals surface area contributed by atoms with Crippen molar-refractivity contribution in [2.24, 2.45) is 0 Å². The lowest BCUT2D eigenvalue weighted by Gasteiger charge is -2.11. The van der Waals surface area contributed by atoms with Crippen molar-refractivity contribution in [3.8, 4) is 11.5 Å². The molecule has 0 atom stereocenters. The Hall–Kier alpha value is -2.05. The maximum absolute atomic E-state index is 10.9. The highest BCUT2D eigenvalue weighted by molar-refractivity contribution is 7.85. The number of aryl methyl sites for hydroxylation is 2. The van der Waals surface area contributed by atoms with Gasteiger partial charge in [-0.3, -0.25) is 0 Å². The van der Waals surface area contributed by atoms with Gasteiger partial charge in [0.1, 0.15) is 21.6 Å². The van der Waals surface area contributed by atoms with Gasteiger partial charge in [-0.05, 0) is 54.3 Å². The van der Waals surface area contributed by atoms with Gasteiger partial charge < -0.3 is 14.0 Å². The van der Waals surface area contributed by atoms with Gasteiger partial charge in [0.25, 0.3) is 0 Å². The third-order valence-electron chi connectivity index (χ3n) is 3.38. The van der Waals surface area contributed by atoms with E-state index in [4.69, 9.17) is 9.47 Å². The normalized spacial score (nSPS) is 11.2. The van der Waals surface area contributed by atoms with Crippen LogP contribution in [-0.2, 0) is 23.0 Å². The summed E-state index contributed by atoms with van der Waals surface area (Å²) in [6.07, 6.45) is 1.41. The fraction of sp³-hybridized carbons (Fsp3) is 0.250. The fourth-order valence-corrected chi connectivity index (χ4v) is 2.65. The average molecular weight is 321 g/mol. The van der Waals surface area contributed by atoms with Crippen molar-refractivity contribution >= 4 is 10.1 Å². The Morgan fingerprint density at radius 3 is 2.18 bits per heavy atom. The lowest BCUT2D eigenvalue weighted by Crippen LogP contribution is -2.00. The van der Waals surface area contributed by atoms with Crippen LogP contribution in [-0.4, -0.2) is 27.2 Å². The third kappa shape index (κ3) is 3.99. The molecule has 118 valence electrons. The van der Waals surface area contributed by atoms with E-state index in [9.17, 15) is 13.0 Å². The summed E-state index contributed by atoms with van der Waals surface area (Å²) in [6.45, 7) is 0. The monoisotopic (exact) mass is 321 g/mol. The zero-order chi connectivity index (χ0) is 16.2. The van der Waals surface area contributed by atoms with Crippen LogP contribution in [0.2, 0.25) is 0 Å². The third-order valence-corrected chi connectivity index (χ3v) is 4.23. The molecular formula is C16H17O5S-. The molecule has 6 heteroatoms.